The fraction of sp³-hybridized carbons (Fsp3) is 0.500. The molecule has 6 heteroatoms. The summed E-state index contributed by atoms with van der Waals surface area (Å²) in [5, 5.41) is 4.43. The number of nitrogens with zero attached hydrogens (tertiary/aromatic N) is 5. The molecule has 2 aromatic rings. The largest absolute Gasteiger partial charge is 0.331 e. The normalized spacial score (nSPS) is 15.5. The Balaban J connectivity index is 1.68. The number of urea groups is 1. The van der Waals surface area contributed by atoms with Crippen LogP contribution < -0.4 is 0 Å². The third-order valence-electron chi connectivity index (χ3n) is 4.74. The second-order valence-corrected chi connectivity index (χ2v) is 6.64. The molecule has 2 amide bonds. The second kappa shape index (κ2) is 7.03. The third kappa shape index (κ3) is 3.42. The summed E-state index contributed by atoms with van der Waals surface area (Å²) < 4.78 is 2.01. The number of rotatable bonds is 3. The van der Waals surface area contributed by atoms with Crippen LogP contribution >= 0.6 is 0 Å². The van der Waals surface area contributed by atoms with Crippen LogP contribution in [0.3, 0.4) is 0 Å². The topological polar surface area (TPSA) is 54.3 Å². The summed E-state index contributed by atoms with van der Waals surface area (Å²) in [5.41, 5.74) is 2.54. The van der Waals surface area contributed by atoms with Crippen LogP contribution in [0.25, 0.3) is 0 Å². The van der Waals surface area contributed by atoms with E-state index in [1.54, 1.807) is 25.3 Å². The van der Waals surface area contributed by atoms with Crippen molar-refractivity contribution in [3.63, 3.8) is 0 Å². The van der Waals surface area contributed by atoms with Crippen molar-refractivity contribution in [2.75, 3.05) is 27.2 Å². The van der Waals surface area contributed by atoms with Gasteiger partial charge in [0.1, 0.15) is 12.2 Å². The number of carbonyl (C=O) groups excluding carboxylic acids is 1. The first kappa shape index (κ1) is 16.5. The lowest BCUT2D eigenvalue weighted by Crippen LogP contribution is -2.43. The van der Waals surface area contributed by atoms with Crippen molar-refractivity contribution < 1.29 is 4.79 Å². The van der Waals surface area contributed by atoms with Crippen molar-refractivity contribution in [2.24, 2.45) is 0 Å². The summed E-state index contributed by atoms with van der Waals surface area (Å²) in [7, 11) is 3.60. The Morgan fingerprint density at radius 1 is 1.25 bits per heavy atom. The molecule has 0 radical (unpaired) electrons. The maximum Gasteiger partial charge on any atom is 0.319 e. The van der Waals surface area contributed by atoms with Crippen molar-refractivity contribution in [3.8, 4) is 0 Å². The zero-order valence-corrected chi connectivity index (χ0v) is 14.6. The number of aromatic nitrogens is 3. The van der Waals surface area contributed by atoms with E-state index in [0.717, 1.165) is 38.3 Å². The average molecular weight is 327 g/mol. The molecule has 24 heavy (non-hydrogen) atoms. The highest BCUT2D eigenvalue weighted by Crippen LogP contribution is 2.27. The first-order valence-corrected chi connectivity index (χ1v) is 8.44. The SMILES string of the molecule is Cc1ccccc1Cn1ncnc1C1CCN(C(=O)N(C)C)CC1. The minimum atomic E-state index is 0.0924. The quantitative estimate of drug-likeness (QED) is 0.870. The first-order valence-electron chi connectivity index (χ1n) is 8.44. The van der Waals surface area contributed by atoms with Gasteiger partial charge in [-0.05, 0) is 30.9 Å². The number of benzene rings is 1. The Kier molecular flexibility index (Phi) is 4.83. The van der Waals surface area contributed by atoms with Crippen molar-refractivity contribution in [1.82, 2.24) is 24.6 Å². The van der Waals surface area contributed by atoms with Crippen molar-refractivity contribution >= 4 is 6.03 Å². The molecule has 2 heterocycles. The van der Waals surface area contributed by atoms with Gasteiger partial charge in [0.15, 0.2) is 0 Å². The highest BCUT2D eigenvalue weighted by molar-refractivity contribution is 5.73. The van der Waals surface area contributed by atoms with Gasteiger partial charge >= 0.3 is 6.03 Å². The van der Waals surface area contributed by atoms with Crippen LogP contribution in [-0.4, -0.2) is 57.8 Å². The standard InChI is InChI=1S/C18H25N5O/c1-14-6-4-5-7-16(14)12-23-17(19-13-20-23)15-8-10-22(11-9-15)18(24)21(2)3/h4-7,13,15H,8-12H2,1-3H3. The number of hydrogen-bond acceptors (Lipinski definition) is 3. The molecule has 1 aliphatic heterocycles. The predicted molar refractivity (Wildman–Crippen MR) is 92.9 cm³/mol. The van der Waals surface area contributed by atoms with Crippen molar-refractivity contribution in [3.05, 3.63) is 47.5 Å². The Labute approximate surface area is 143 Å². The fourth-order valence-corrected chi connectivity index (χ4v) is 3.27. The molecule has 0 spiro atoms. The summed E-state index contributed by atoms with van der Waals surface area (Å²) in [6.45, 7) is 4.42. The summed E-state index contributed by atoms with van der Waals surface area (Å²) in [6.07, 6.45) is 3.52. The molecule has 0 bridgehead atoms. The van der Waals surface area contributed by atoms with E-state index in [1.165, 1.54) is 11.1 Å². The third-order valence-corrected chi connectivity index (χ3v) is 4.74. The lowest BCUT2D eigenvalue weighted by Gasteiger charge is -2.33. The summed E-state index contributed by atoms with van der Waals surface area (Å²) in [4.78, 5) is 20.1. The number of aryl methyl sites for hydroxylation is 1. The van der Waals surface area contributed by atoms with E-state index in [0.29, 0.717) is 5.92 Å². The van der Waals surface area contributed by atoms with Gasteiger partial charge in [0.25, 0.3) is 0 Å². The van der Waals surface area contributed by atoms with Gasteiger partial charge in [0, 0.05) is 33.1 Å². The van der Waals surface area contributed by atoms with Crippen LogP contribution in [0.2, 0.25) is 0 Å². The fourth-order valence-electron chi connectivity index (χ4n) is 3.27. The Morgan fingerprint density at radius 3 is 2.62 bits per heavy atom. The van der Waals surface area contributed by atoms with Crippen LogP contribution in [0, 0.1) is 6.92 Å². The molecule has 0 aliphatic carbocycles. The molecule has 0 atom stereocenters. The minimum Gasteiger partial charge on any atom is -0.331 e. The van der Waals surface area contributed by atoms with E-state index in [1.807, 2.05) is 9.58 Å². The average Bonchev–Trinajstić information content (AvgIpc) is 3.04. The monoisotopic (exact) mass is 327 g/mol. The van der Waals surface area contributed by atoms with Crippen LogP contribution in [0.5, 0.6) is 0 Å². The van der Waals surface area contributed by atoms with Gasteiger partial charge in [-0.25, -0.2) is 14.5 Å². The van der Waals surface area contributed by atoms with Gasteiger partial charge in [-0.2, -0.15) is 5.10 Å². The molecule has 1 aliphatic rings. The van der Waals surface area contributed by atoms with Gasteiger partial charge in [0.2, 0.25) is 0 Å². The molecule has 128 valence electrons. The molecule has 6 nitrogen and oxygen atoms in total. The molecular formula is C18H25N5O. The Morgan fingerprint density at radius 2 is 1.96 bits per heavy atom. The smallest absolute Gasteiger partial charge is 0.319 e. The summed E-state index contributed by atoms with van der Waals surface area (Å²) >= 11 is 0. The zero-order valence-electron chi connectivity index (χ0n) is 14.6. The lowest BCUT2D eigenvalue weighted by atomic mass is 9.96. The van der Waals surface area contributed by atoms with E-state index in [2.05, 4.69) is 41.3 Å². The number of hydrogen-bond donors (Lipinski definition) is 0. The van der Waals surface area contributed by atoms with Crippen LogP contribution in [0.1, 0.15) is 35.7 Å². The minimum absolute atomic E-state index is 0.0924. The van der Waals surface area contributed by atoms with E-state index in [9.17, 15) is 4.79 Å². The van der Waals surface area contributed by atoms with Crippen LogP contribution in [0.15, 0.2) is 30.6 Å². The Hall–Kier alpha value is -2.37. The van der Waals surface area contributed by atoms with Gasteiger partial charge in [-0.1, -0.05) is 24.3 Å². The van der Waals surface area contributed by atoms with E-state index in [4.69, 9.17) is 0 Å². The van der Waals surface area contributed by atoms with Gasteiger partial charge in [-0.15, -0.1) is 0 Å². The van der Waals surface area contributed by atoms with Crippen LogP contribution in [0.4, 0.5) is 4.79 Å². The molecule has 3 rings (SSSR count). The van der Waals surface area contributed by atoms with Gasteiger partial charge in [0.05, 0.1) is 6.54 Å². The molecule has 1 aromatic heterocycles. The summed E-state index contributed by atoms with van der Waals surface area (Å²) in [5.74, 6) is 1.40. The molecule has 0 N–H and O–H groups in total. The highest BCUT2D eigenvalue weighted by Gasteiger charge is 2.27. The maximum absolute atomic E-state index is 12.1. The van der Waals surface area contributed by atoms with Gasteiger partial charge in [-0.3, -0.25) is 0 Å². The second-order valence-electron chi connectivity index (χ2n) is 6.64. The molecule has 1 aromatic carbocycles. The molecule has 1 saturated heterocycles. The molecule has 0 saturated carbocycles. The zero-order chi connectivity index (χ0) is 17.1. The number of amides is 2. The lowest BCUT2D eigenvalue weighted by molar-refractivity contribution is 0.155. The van der Waals surface area contributed by atoms with E-state index in [-0.39, 0.29) is 6.03 Å². The molecular weight excluding hydrogens is 302 g/mol. The van der Waals surface area contributed by atoms with Crippen molar-refractivity contribution in [2.45, 2.75) is 32.2 Å². The van der Waals surface area contributed by atoms with Gasteiger partial charge < -0.3 is 9.80 Å². The van der Waals surface area contributed by atoms with E-state index < -0.39 is 0 Å². The summed E-state index contributed by atoms with van der Waals surface area (Å²) in [6, 6.07) is 8.47. The van der Waals surface area contributed by atoms with E-state index >= 15 is 0 Å². The maximum atomic E-state index is 12.1. The molecule has 0 unspecified atom stereocenters. The van der Waals surface area contributed by atoms with Crippen molar-refractivity contribution in [1.29, 1.82) is 0 Å². The predicted octanol–water partition coefficient (Wildman–Crippen LogP) is 2.50. The number of piperidine rings is 1. The number of carbonyl (C=O) groups is 1. The highest BCUT2D eigenvalue weighted by atomic mass is 16.2. The first-order chi connectivity index (χ1) is 11.6. The van der Waals surface area contributed by atoms with Crippen LogP contribution in [-0.2, 0) is 6.54 Å². The number of likely N-dealkylation sites (tertiary alicyclic amines) is 1. The molecule has 1 fully saturated rings. The Bertz CT molecular complexity index is 701.